The predicted molar refractivity (Wildman–Crippen MR) is 148 cm³/mol. The summed E-state index contributed by atoms with van der Waals surface area (Å²) in [5.74, 6) is 0.252. The number of hydrogen-bond donors (Lipinski definition) is 0. The van der Waals surface area contributed by atoms with Gasteiger partial charge in [0, 0.05) is 26.3 Å². The van der Waals surface area contributed by atoms with Crippen LogP contribution >= 0.6 is 0 Å². The molecule has 0 spiro atoms. The summed E-state index contributed by atoms with van der Waals surface area (Å²) in [6.45, 7) is 10.9. The molecule has 1 aliphatic heterocycles. The molecule has 1 fully saturated rings. The van der Waals surface area contributed by atoms with Gasteiger partial charge in [0.2, 0.25) is 10.0 Å². The zero-order chi connectivity index (χ0) is 27.9. The minimum absolute atomic E-state index is 0.249. The lowest BCUT2D eigenvalue weighted by molar-refractivity contribution is -0.152. The molecule has 0 N–H and O–H groups in total. The van der Waals surface area contributed by atoms with Crippen molar-refractivity contribution in [3.05, 3.63) is 53.6 Å². The SMILES string of the molecule is CCOC(COc1cccc(-c2ccc(C3CCN(S(=O)(=O)C(C)(C)C(=O)OC)CC3)cc2C)c1)OCC. The van der Waals surface area contributed by atoms with Gasteiger partial charge in [-0.25, -0.2) is 12.7 Å². The van der Waals surface area contributed by atoms with Crippen molar-refractivity contribution in [1.82, 2.24) is 4.31 Å². The van der Waals surface area contributed by atoms with Crippen LogP contribution in [0.25, 0.3) is 11.1 Å². The Balaban J connectivity index is 1.68. The number of rotatable bonds is 12. The van der Waals surface area contributed by atoms with Crippen LogP contribution in [0.4, 0.5) is 0 Å². The van der Waals surface area contributed by atoms with Gasteiger partial charge in [0.05, 0.1) is 7.11 Å². The molecule has 0 aliphatic carbocycles. The van der Waals surface area contributed by atoms with Crippen molar-refractivity contribution < 1.29 is 32.2 Å². The van der Waals surface area contributed by atoms with Crippen molar-refractivity contribution in [3.8, 4) is 16.9 Å². The molecule has 38 heavy (non-hydrogen) atoms. The fourth-order valence-electron chi connectivity index (χ4n) is 4.80. The average Bonchev–Trinajstić information content (AvgIpc) is 2.91. The highest BCUT2D eigenvalue weighted by Crippen LogP contribution is 2.35. The Morgan fingerprint density at radius 1 is 1.05 bits per heavy atom. The molecule has 0 amide bonds. The van der Waals surface area contributed by atoms with Crippen LogP contribution < -0.4 is 4.74 Å². The first-order valence-corrected chi connectivity index (χ1v) is 14.6. The number of ether oxygens (including phenoxy) is 4. The summed E-state index contributed by atoms with van der Waals surface area (Å²) in [6.07, 6.45) is 0.987. The maximum atomic E-state index is 13.1. The van der Waals surface area contributed by atoms with Gasteiger partial charge in [-0.1, -0.05) is 30.3 Å². The fourth-order valence-corrected chi connectivity index (χ4v) is 6.43. The second-order valence-corrected chi connectivity index (χ2v) is 12.4. The molecule has 210 valence electrons. The number of esters is 1. The van der Waals surface area contributed by atoms with Gasteiger partial charge < -0.3 is 18.9 Å². The fraction of sp³-hybridized carbons (Fsp3) is 0.552. The Kier molecular flexibility index (Phi) is 10.3. The molecule has 2 aromatic carbocycles. The second-order valence-electron chi connectivity index (χ2n) is 9.93. The van der Waals surface area contributed by atoms with E-state index >= 15 is 0 Å². The third-order valence-corrected chi connectivity index (χ3v) is 9.58. The molecule has 0 saturated carbocycles. The molecular weight excluding hydrogens is 506 g/mol. The van der Waals surface area contributed by atoms with E-state index in [4.69, 9.17) is 18.9 Å². The maximum Gasteiger partial charge on any atom is 0.328 e. The van der Waals surface area contributed by atoms with Crippen LogP contribution in [0, 0.1) is 6.92 Å². The van der Waals surface area contributed by atoms with Gasteiger partial charge in [-0.05, 0) is 87.8 Å². The smallest absolute Gasteiger partial charge is 0.328 e. The summed E-state index contributed by atoms with van der Waals surface area (Å²) in [5.41, 5.74) is 4.51. The third kappa shape index (κ3) is 6.75. The summed E-state index contributed by atoms with van der Waals surface area (Å²) >= 11 is 0. The van der Waals surface area contributed by atoms with E-state index in [2.05, 4.69) is 31.2 Å². The van der Waals surface area contributed by atoms with E-state index in [1.165, 1.54) is 30.8 Å². The number of piperidine rings is 1. The number of sulfonamides is 1. The van der Waals surface area contributed by atoms with Gasteiger partial charge in [0.15, 0.2) is 11.0 Å². The maximum absolute atomic E-state index is 13.1. The standard InChI is InChI=1S/C29H41NO7S/c1-7-35-27(36-8-2)20-37-25-11-9-10-24(19-25)26-13-12-23(18-21(26)3)22-14-16-30(17-15-22)38(32,33)29(4,5)28(31)34-6/h9-13,18-19,22,27H,7-8,14-17,20H2,1-6H3. The molecule has 1 aliphatic rings. The zero-order valence-corrected chi connectivity index (χ0v) is 24.2. The quantitative estimate of drug-likeness (QED) is 0.276. The van der Waals surface area contributed by atoms with Crippen LogP contribution in [0.5, 0.6) is 5.75 Å². The molecule has 2 aromatic rings. The topological polar surface area (TPSA) is 91.4 Å². The van der Waals surface area contributed by atoms with E-state index in [9.17, 15) is 13.2 Å². The Bertz CT molecular complexity index is 1180. The monoisotopic (exact) mass is 547 g/mol. The van der Waals surface area contributed by atoms with Gasteiger partial charge >= 0.3 is 5.97 Å². The largest absolute Gasteiger partial charge is 0.488 e. The van der Waals surface area contributed by atoms with Crippen LogP contribution in [0.3, 0.4) is 0 Å². The lowest BCUT2D eigenvalue weighted by Gasteiger charge is -2.35. The normalized spacial score (nSPS) is 15.6. The van der Waals surface area contributed by atoms with Crippen LogP contribution in [0.1, 0.15) is 57.6 Å². The van der Waals surface area contributed by atoms with E-state index in [0.29, 0.717) is 45.8 Å². The van der Waals surface area contributed by atoms with E-state index in [0.717, 1.165) is 22.4 Å². The first kappa shape index (κ1) is 30.1. The molecule has 3 rings (SSSR count). The van der Waals surface area contributed by atoms with Crippen LogP contribution in [-0.2, 0) is 29.0 Å². The summed E-state index contributed by atoms with van der Waals surface area (Å²) in [5, 5.41) is 0. The van der Waals surface area contributed by atoms with Crippen LogP contribution in [0.15, 0.2) is 42.5 Å². The Hall–Kier alpha value is -2.46. The highest BCUT2D eigenvalue weighted by molar-refractivity contribution is 7.91. The van der Waals surface area contributed by atoms with E-state index in [1.807, 2.05) is 32.0 Å². The highest BCUT2D eigenvalue weighted by atomic mass is 32.2. The summed E-state index contributed by atoms with van der Waals surface area (Å²) in [7, 11) is -2.61. The summed E-state index contributed by atoms with van der Waals surface area (Å²) in [4.78, 5) is 12.1. The molecule has 0 radical (unpaired) electrons. The molecule has 0 unspecified atom stereocenters. The van der Waals surface area contributed by atoms with Crippen molar-refractivity contribution in [3.63, 3.8) is 0 Å². The van der Waals surface area contributed by atoms with Crippen LogP contribution in [0.2, 0.25) is 0 Å². The molecule has 1 heterocycles. The predicted octanol–water partition coefficient (Wildman–Crippen LogP) is 4.90. The molecule has 9 heteroatoms. The average molecular weight is 548 g/mol. The van der Waals surface area contributed by atoms with Crippen molar-refractivity contribution in [2.45, 2.75) is 64.4 Å². The number of nitrogens with zero attached hydrogens (tertiary/aromatic N) is 1. The molecule has 0 aromatic heterocycles. The lowest BCUT2D eigenvalue weighted by Crippen LogP contribution is -2.52. The molecular formula is C29H41NO7S. The van der Waals surface area contributed by atoms with Gasteiger partial charge in [-0.2, -0.15) is 0 Å². The van der Waals surface area contributed by atoms with Crippen molar-refractivity contribution in [1.29, 1.82) is 0 Å². The number of methoxy groups -OCH3 is 1. The van der Waals surface area contributed by atoms with Crippen LogP contribution in [-0.4, -0.2) is 69.7 Å². The van der Waals surface area contributed by atoms with Gasteiger partial charge in [0.1, 0.15) is 12.4 Å². The van der Waals surface area contributed by atoms with Gasteiger partial charge in [-0.15, -0.1) is 0 Å². The number of carbonyl (C=O) groups is 1. The van der Waals surface area contributed by atoms with Gasteiger partial charge in [-0.3, -0.25) is 4.79 Å². The summed E-state index contributed by atoms with van der Waals surface area (Å²) in [6, 6.07) is 14.4. The van der Waals surface area contributed by atoms with E-state index in [1.54, 1.807) is 0 Å². The zero-order valence-electron chi connectivity index (χ0n) is 23.4. The van der Waals surface area contributed by atoms with E-state index in [-0.39, 0.29) is 5.92 Å². The van der Waals surface area contributed by atoms with Crippen molar-refractivity contribution in [2.24, 2.45) is 0 Å². The summed E-state index contributed by atoms with van der Waals surface area (Å²) < 4.78 is 47.8. The number of hydrogen-bond acceptors (Lipinski definition) is 7. The molecule has 8 nitrogen and oxygen atoms in total. The Labute approximate surface area is 227 Å². The van der Waals surface area contributed by atoms with Crippen molar-refractivity contribution in [2.75, 3.05) is 40.0 Å². The Morgan fingerprint density at radius 2 is 1.71 bits per heavy atom. The third-order valence-electron chi connectivity index (χ3n) is 7.07. The lowest BCUT2D eigenvalue weighted by atomic mass is 9.87. The highest BCUT2D eigenvalue weighted by Gasteiger charge is 2.47. The minimum atomic E-state index is -3.82. The molecule has 1 saturated heterocycles. The Morgan fingerprint density at radius 3 is 2.29 bits per heavy atom. The molecule has 0 bridgehead atoms. The van der Waals surface area contributed by atoms with Gasteiger partial charge in [0.25, 0.3) is 0 Å². The second kappa shape index (κ2) is 13.1. The van der Waals surface area contributed by atoms with E-state index < -0.39 is 27.0 Å². The first-order chi connectivity index (χ1) is 18.0. The number of benzene rings is 2. The van der Waals surface area contributed by atoms with Crippen molar-refractivity contribution >= 4 is 16.0 Å². The molecule has 0 atom stereocenters. The number of aryl methyl sites for hydroxylation is 1. The minimum Gasteiger partial charge on any atom is -0.488 e. The first-order valence-electron chi connectivity index (χ1n) is 13.2. The number of carbonyl (C=O) groups excluding carboxylic acids is 1.